The molecule has 3 nitrogen and oxygen atoms in total. The van der Waals surface area contributed by atoms with E-state index in [-0.39, 0.29) is 5.91 Å². The van der Waals surface area contributed by atoms with Crippen LogP contribution in [0.25, 0.3) is 11.1 Å². The van der Waals surface area contributed by atoms with Gasteiger partial charge in [0.2, 0.25) is 5.91 Å². The molecule has 1 N–H and O–H groups in total. The SMILES string of the molecule is O=C(CN(Cc1ccccc1)C1CC1)Nc1ccccc1-c1ccccc1. The summed E-state index contributed by atoms with van der Waals surface area (Å²) in [4.78, 5) is 15.1. The van der Waals surface area contributed by atoms with E-state index in [1.165, 1.54) is 18.4 Å². The molecule has 3 aromatic rings. The molecule has 1 aliphatic rings. The largest absolute Gasteiger partial charge is 0.324 e. The van der Waals surface area contributed by atoms with Gasteiger partial charge in [0.25, 0.3) is 0 Å². The molecule has 0 heterocycles. The highest BCUT2D eigenvalue weighted by Gasteiger charge is 2.30. The second-order valence-corrected chi connectivity index (χ2v) is 7.08. The Bertz CT molecular complexity index is 889. The van der Waals surface area contributed by atoms with Gasteiger partial charge in [-0.3, -0.25) is 9.69 Å². The summed E-state index contributed by atoms with van der Waals surface area (Å²) < 4.78 is 0. The van der Waals surface area contributed by atoms with Crippen LogP contribution in [0.2, 0.25) is 0 Å². The maximum absolute atomic E-state index is 12.8. The summed E-state index contributed by atoms with van der Waals surface area (Å²) in [7, 11) is 0. The minimum Gasteiger partial charge on any atom is -0.324 e. The Morgan fingerprint density at radius 3 is 2.19 bits per heavy atom. The molecule has 0 radical (unpaired) electrons. The molecular formula is C24H24N2O. The highest BCUT2D eigenvalue weighted by molar-refractivity contribution is 5.96. The van der Waals surface area contributed by atoms with Crippen LogP contribution in [0, 0.1) is 0 Å². The van der Waals surface area contributed by atoms with Crippen LogP contribution in [0.5, 0.6) is 0 Å². The van der Waals surface area contributed by atoms with Crippen LogP contribution in [0.1, 0.15) is 18.4 Å². The Morgan fingerprint density at radius 1 is 0.852 bits per heavy atom. The van der Waals surface area contributed by atoms with Crippen LogP contribution in [0.3, 0.4) is 0 Å². The van der Waals surface area contributed by atoms with Crippen molar-refractivity contribution < 1.29 is 4.79 Å². The maximum Gasteiger partial charge on any atom is 0.238 e. The molecule has 0 aromatic heterocycles. The molecule has 1 amide bonds. The number of nitrogens with one attached hydrogen (secondary N) is 1. The first-order valence-corrected chi connectivity index (χ1v) is 9.52. The van der Waals surface area contributed by atoms with Crippen LogP contribution in [-0.2, 0) is 11.3 Å². The molecule has 0 bridgehead atoms. The van der Waals surface area contributed by atoms with Gasteiger partial charge in [-0.05, 0) is 30.0 Å². The van der Waals surface area contributed by atoms with Crippen molar-refractivity contribution in [1.29, 1.82) is 0 Å². The Balaban J connectivity index is 1.46. The summed E-state index contributed by atoms with van der Waals surface area (Å²) in [6.45, 7) is 1.24. The fraction of sp³-hybridized carbons (Fsp3) is 0.208. The first-order valence-electron chi connectivity index (χ1n) is 9.52. The number of rotatable bonds is 7. The summed E-state index contributed by atoms with van der Waals surface area (Å²) in [6, 6.07) is 29.1. The summed E-state index contributed by atoms with van der Waals surface area (Å²) in [6.07, 6.45) is 2.36. The lowest BCUT2D eigenvalue weighted by Crippen LogP contribution is -2.34. The monoisotopic (exact) mass is 356 g/mol. The lowest BCUT2D eigenvalue weighted by molar-refractivity contribution is -0.117. The number of carbonyl (C=O) groups is 1. The van der Waals surface area contributed by atoms with Crippen molar-refractivity contribution >= 4 is 11.6 Å². The zero-order chi connectivity index (χ0) is 18.5. The second-order valence-electron chi connectivity index (χ2n) is 7.08. The molecule has 0 unspecified atom stereocenters. The van der Waals surface area contributed by atoms with Gasteiger partial charge < -0.3 is 5.32 Å². The van der Waals surface area contributed by atoms with Crippen LogP contribution in [0.4, 0.5) is 5.69 Å². The summed E-state index contributed by atoms with van der Waals surface area (Å²) in [5.41, 5.74) is 4.27. The lowest BCUT2D eigenvalue weighted by atomic mass is 10.0. The molecule has 1 fully saturated rings. The van der Waals surface area contributed by atoms with Gasteiger partial charge in [-0.2, -0.15) is 0 Å². The Labute approximate surface area is 160 Å². The molecule has 4 rings (SSSR count). The van der Waals surface area contributed by atoms with Gasteiger partial charge >= 0.3 is 0 Å². The number of nitrogens with zero attached hydrogens (tertiary/aromatic N) is 1. The van der Waals surface area contributed by atoms with Gasteiger partial charge in [-0.25, -0.2) is 0 Å². The quantitative estimate of drug-likeness (QED) is 0.649. The molecule has 0 saturated heterocycles. The maximum atomic E-state index is 12.8. The average Bonchev–Trinajstić information content (AvgIpc) is 3.55. The summed E-state index contributed by atoms with van der Waals surface area (Å²) >= 11 is 0. The van der Waals surface area contributed by atoms with Crippen molar-refractivity contribution in [2.24, 2.45) is 0 Å². The van der Waals surface area contributed by atoms with Crippen LogP contribution in [-0.4, -0.2) is 23.4 Å². The molecule has 0 spiro atoms. The van der Waals surface area contributed by atoms with E-state index in [4.69, 9.17) is 0 Å². The molecule has 3 aromatic carbocycles. The highest BCUT2D eigenvalue weighted by atomic mass is 16.2. The Kier molecular flexibility index (Phi) is 5.31. The predicted molar refractivity (Wildman–Crippen MR) is 110 cm³/mol. The van der Waals surface area contributed by atoms with Gasteiger partial charge in [-0.1, -0.05) is 78.9 Å². The van der Waals surface area contributed by atoms with E-state index in [0.29, 0.717) is 12.6 Å². The van der Waals surface area contributed by atoms with Crippen molar-refractivity contribution in [2.45, 2.75) is 25.4 Å². The standard InChI is InChI=1S/C24H24N2O/c27-24(18-26(21-15-16-21)17-19-9-3-1-4-10-19)25-23-14-8-7-13-22(23)20-11-5-2-6-12-20/h1-14,21H,15-18H2,(H,25,27). The third-order valence-corrected chi connectivity index (χ3v) is 4.92. The lowest BCUT2D eigenvalue weighted by Gasteiger charge is -2.22. The number of amides is 1. The molecule has 0 atom stereocenters. The fourth-order valence-corrected chi connectivity index (χ4v) is 3.41. The highest BCUT2D eigenvalue weighted by Crippen LogP contribution is 2.29. The van der Waals surface area contributed by atoms with E-state index in [1.54, 1.807) is 0 Å². The molecule has 1 aliphatic carbocycles. The first kappa shape index (κ1) is 17.5. The number of hydrogen-bond acceptors (Lipinski definition) is 2. The normalized spacial score (nSPS) is 13.5. The average molecular weight is 356 g/mol. The topological polar surface area (TPSA) is 32.3 Å². The van der Waals surface area contributed by atoms with E-state index in [9.17, 15) is 4.79 Å². The molecule has 0 aliphatic heterocycles. The van der Waals surface area contributed by atoms with Crippen molar-refractivity contribution in [2.75, 3.05) is 11.9 Å². The van der Waals surface area contributed by atoms with E-state index >= 15 is 0 Å². The van der Waals surface area contributed by atoms with Crippen LogP contribution in [0.15, 0.2) is 84.9 Å². The Morgan fingerprint density at radius 2 is 1.48 bits per heavy atom. The van der Waals surface area contributed by atoms with E-state index in [1.807, 2.05) is 48.5 Å². The van der Waals surface area contributed by atoms with Gasteiger partial charge in [0.1, 0.15) is 0 Å². The molecule has 1 saturated carbocycles. The molecular weight excluding hydrogens is 332 g/mol. The van der Waals surface area contributed by atoms with Crippen molar-refractivity contribution in [1.82, 2.24) is 4.90 Å². The minimum atomic E-state index is 0.0428. The zero-order valence-corrected chi connectivity index (χ0v) is 15.3. The van der Waals surface area contributed by atoms with Gasteiger partial charge in [0.15, 0.2) is 0 Å². The molecule has 27 heavy (non-hydrogen) atoms. The fourth-order valence-electron chi connectivity index (χ4n) is 3.41. The third-order valence-electron chi connectivity index (χ3n) is 4.92. The van der Waals surface area contributed by atoms with Gasteiger partial charge in [-0.15, -0.1) is 0 Å². The van der Waals surface area contributed by atoms with E-state index in [2.05, 4.69) is 46.6 Å². The second kappa shape index (κ2) is 8.19. The van der Waals surface area contributed by atoms with Crippen molar-refractivity contribution in [3.05, 3.63) is 90.5 Å². The van der Waals surface area contributed by atoms with E-state index < -0.39 is 0 Å². The number of carbonyl (C=O) groups excluding carboxylic acids is 1. The van der Waals surface area contributed by atoms with Crippen LogP contribution < -0.4 is 5.32 Å². The molecule has 136 valence electrons. The Hall–Kier alpha value is -2.91. The number of benzene rings is 3. The summed E-state index contributed by atoms with van der Waals surface area (Å²) in [5, 5.41) is 3.13. The third kappa shape index (κ3) is 4.63. The predicted octanol–water partition coefficient (Wildman–Crippen LogP) is 4.96. The zero-order valence-electron chi connectivity index (χ0n) is 15.3. The number of anilines is 1. The minimum absolute atomic E-state index is 0.0428. The first-order chi connectivity index (χ1) is 13.3. The number of hydrogen-bond donors (Lipinski definition) is 1. The van der Waals surface area contributed by atoms with Crippen LogP contribution >= 0.6 is 0 Å². The van der Waals surface area contributed by atoms with Crippen molar-refractivity contribution in [3.63, 3.8) is 0 Å². The van der Waals surface area contributed by atoms with Crippen molar-refractivity contribution in [3.8, 4) is 11.1 Å². The number of para-hydroxylation sites is 1. The van der Waals surface area contributed by atoms with Gasteiger partial charge in [0.05, 0.1) is 6.54 Å². The smallest absolute Gasteiger partial charge is 0.238 e. The van der Waals surface area contributed by atoms with E-state index in [0.717, 1.165) is 23.4 Å². The molecule has 3 heteroatoms. The summed E-state index contributed by atoms with van der Waals surface area (Å²) in [5.74, 6) is 0.0428. The van der Waals surface area contributed by atoms with Gasteiger partial charge in [0, 0.05) is 23.8 Å².